The first-order chi connectivity index (χ1) is 10.9. The molecule has 0 aliphatic heterocycles. The Kier molecular flexibility index (Phi) is 13.7. The first-order valence-electron chi connectivity index (χ1n) is 8.66. The lowest BCUT2D eigenvalue weighted by atomic mass is 10.1. The zero-order valence-electron chi connectivity index (χ0n) is 13.9. The van der Waals surface area contributed by atoms with Gasteiger partial charge in [0.2, 0.25) is 0 Å². The summed E-state index contributed by atoms with van der Waals surface area (Å²) in [6, 6.07) is 0. The summed E-state index contributed by atoms with van der Waals surface area (Å²) in [4.78, 5) is 10.3. The molecule has 23 heavy (non-hydrogen) atoms. The van der Waals surface area contributed by atoms with Crippen molar-refractivity contribution in [1.82, 2.24) is 0 Å². The average molecular weight is 334 g/mol. The first kappa shape index (κ1) is 21.8. The number of alkyl halides is 3. The highest BCUT2D eigenvalue weighted by Gasteiger charge is 2.25. The number of hydrogen-bond acceptors (Lipinski definition) is 1. The van der Waals surface area contributed by atoms with E-state index < -0.39 is 18.6 Å². The van der Waals surface area contributed by atoms with E-state index in [0.29, 0.717) is 6.42 Å². The molecule has 0 aromatic heterocycles. The summed E-state index contributed by atoms with van der Waals surface area (Å²) in [5.41, 5.74) is 0. The molecule has 0 saturated carbocycles. The second-order valence-electron chi connectivity index (χ2n) is 5.90. The van der Waals surface area contributed by atoms with Crippen LogP contribution in [-0.2, 0) is 4.79 Å². The van der Waals surface area contributed by atoms with Gasteiger partial charge in [-0.1, -0.05) is 38.5 Å². The molecule has 0 saturated heterocycles. The lowest BCUT2D eigenvalue weighted by Crippen LogP contribution is -2.06. The van der Waals surface area contributed by atoms with Gasteiger partial charge in [-0.25, -0.2) is 0 Å². The number of carbonyl (C=O) groups is 1. The third kappa shape index (κ3) is 20.8. The Morgan fingerprint density at radius 2 is 1.17 bits per heavy atom. The second-order valence-corrected chi connectivity index (χ2v) is 5.90. The van der Waals surface area contributed by atoms with Crippen LogP contribution in [0.2, 0.25) is 0 Å². The minimum Gasteiger partial charge on any atom is -0.481 e. The Hall–Kier alpha value is -1.18. The van der Waals surface area contributed by atoms with Crippen LogP contribution in [0.15, 0.2) is 0 Å². The summed E-state index contributed by atoms with van der Waals surface area (Å²) in [6.07, 6.45) is 5.88. The molecule has 0 aromatic rings. The van der Waals surface area contributed by atoms with Gasteiger partial charge >= 0.3 is 12.1 Å². The van der Waals surface area contributed by atoms with Crippen molar-refractivity contribution in [3.05, 3.63) is 0 Å². The number of hydrogen-bond donors (Lipinski definition) is 1. The smallest absolute Gasteiger partial charge is 0.389 e. The molecule has 0 spiro atoms. The fraction of sp³-hybridized carbons (Fsp3) is 0.833. The van der Waals surface area contributed by atoms with E-state index in [9.17, 15) is 18.0 Å². The van der Waals surface area contributed by atoms with Crippen molar-refractivity contribution in [2.75, 3.05) is 0 Å². The topological polar surface area (TPSA) is 37.3 Å². The zero-order valence-corrected chi connectivity index (χ0v) is 13.9. The van der Waals surface area contributed by atoms with Crippen molar-refractivity contribution >= 4 is 5.97 Å². The van der Waals surface area contributed by atoms with E-state index in [2.05, 4.69) is 11.8 Å². The molecular weight excluding hydrogens is 305 g/mol. The Morgan fingerprint density at radius 3 is 1.65 bits per heavy atom. The molecule has 2 nitrogen and oxygen atoms in total. The van der Waals surface area contributed by atoms with Gasteiger partial charge < -0.3 is 5.11 Å². The van der Waals surface area contributed by atoms with Gasteiger partial charge in [0.25, 0.3) is 0 Å². The van der Waals surface area contributed by atoms with E-state index in [0.717, 1.165) is 64.2 Å². The molecule has 0 atom stereocenters. The summed E-state index contributed by atoms with van der Waals surface area (Å²) in [7, 11) is 0. The predicted octanol–water partition coefficient (Wildman–Crippen LogP) is 6.10. The lowest BCUT2D eigenvalue weighted by molar-refractivity contribution is -0.137. The summed E-state index contributed by atoms with van der Waals surface area (Å²) < 4.78 is 35.7. The van der Waals surface area contributed by atoms with Crippen LogP contribution in [0.5, 0.6) is 0 Å². The Bertz CT molecular complexity index is 354. The molecule has 0 heterocycles. The number of carboxylic acids is 1. The van der Waals surface area contributed by atoms with E-state index in [1.165, 1.54) is 0 Å². The maximum atomic E-state index is 11.9. The van der Waals surface area contributed by atoms with Crippen LogP contribution in [0.3, 0.4) is 0 Å². The van der Waals surface area contributed by atoms with Crippen molar-refractivity contribution in [3.8, 4) is 11.8 Å². The zero-order chi connectivity index (χ0) is 17.4. The van der Waals surface area contributed by atoms with Crippen molar-refractivity contribution in [3.63, 3.8) is 0 Å². The van der Waals surface area contributed by atoms with Crippen LogP contribution in [0.25, 0.3) is 0 Å². The van der Waals surface area contributed by atoms with E-state index in [1.807, 2.05) is 0 Å². The van der Waals surface area contributed by atoms with E-state index in [1.54, 1.807) is 0 Å². The van der Waals surface area contributed by atoms with Crippen LogP contribution in [-0.4, -0.2) is 17.3 Å². The Balaban J connectivity index is 3.20. The maximum absolute atomic E-state index is 11.9. The van der Waals surface area contributed by atoms with Crippen LogP contribution in [0.4, 0.5) is 13.2 Å². The van der Waals surface area contributed by atoms with Gasteiger partial charge in [-0.05, 0) is 25.7 Å². The molecule has 0 amide bonds. The third-order valence-corrected chi connectivity index (χ3v) is 3.58. The minimum atomic E-state index is -4.01. The van der Waals surface area contributed by atoms with Gasteiger partial charge in [0.05, 0.1) is 0 Å². The minimum absolute atomic E-state index is 0.238. The molecule has 0 unspecified atom stereocenters. The van der Waals surface area contributed by atoms with Gasteiger partial charge in [0.15, 0.2) is 0 Å². The highest BCUT2D eigenvalue weighted by molar-refractivity contribution is 5.66. The van der Waals surface area contributed by atoms with E-state index in [4.69, 9.17) is 5.11 Å². The summed E-state index contributed by atoms with van der Waals surface area (Å²) in [5, 5.41) is 8.49. The lowest BCUT2D eigenvalue weighted by Gasteiger charge is -2.04. The standard InChI is InChI=1S/C18H29F3O2/c19-18(20,21)16-14-12-10-8-6-4-2-1-3-5-7-9-11-13-15-17(22)23/h3-16H2,(H,22,23). The van der Waals surface area contributed by atoms with Gasteiger partial charge in [0.1, 0.15) is 0 Å². The SMILES string of the molecule is O=C(O)CCCCCCCC#CCCCCCCCC(F)(F)F. The number of carboxylic acid groups (broad SMARTS) is 1. The predicted molar refractivity (Wildman–Crippen MR) is 86.1 cm³/mol. The van der Waals surface area contributed by atoms with E-state index >= 15 is 0 Å². The highest BCUT2D eigenvalue weighted by Crippen LogP contribution is 2.23. The van der Waals surface area contributed by atoms with Crippen molar-refractivity contribution in [1.29, 1.82) is 0 Å². The molecule has 134 valence electrons. The molecule has 0 aromatic carbocycles. The van der Waals surface area contributed by atoms with Crippen LogP contribution < -0.4 is 0 Å². The fourth-order valence-electron chi connectivity index (χ4n) is 2.27. The molecular formula is C18H29F3O2. The largest absolute Gasteiger partial charge is 0.481 e. The molecule has 1 N–H and O–H groups in total. The summed E-state index contributed by atoms with van der Waals surface area (Å²) in [5.74, 6) is 5.51. The highest BCUT2D eigenvalue weighted by atomic mass is 19.4. The fourth-order valence-corrected chi connectivity index (χ4v) is 2.27. The molecule has 0 bridgehead atoms. The van der Waals surface area contributed by atoms with Gasteiger partial charge in [-0.3, -0.25) is 4.79 Å². The average Bonchev–Trinajstić information content (AvgIpc) is 2.45. The number of rotatable bonds is 13. The molecule has 0 radical (unpaired) electrons. The van der Waals surface area contributed by atoms with Crippen LogP contribution >= 0.6 is 0 Å². The van der Waals surface area contributed by atoms with Gasteiger partial charge in [-0.15, -0.1) is 11.8 Å². The van der Waals surface area contributed by atoms with Crippen LogP contribution in [0.1, 0.15) is 89.9 Å². The molecule has 0 fully saturated rings. The van der Waals surface area contributed by atoms with E-state index in [-0.39, 0.29) is 12.8 Å². The number of halogens is 3. The Labute approximate surface area is 137 Å². The third-order valence-electron chi connectivity index (χ3n) is 3.58. The quantitative estimate of drug-likeness (QED) is 0.326. The molecule has 5 heteroatoms. The maximum Gasteiger partial charge on any atom is 0.389 e. The molecule has 0 rings (SSSR count). The van der Waals surface area contributed by atoms with Crippen molar-refractivity contribution in [2.45, 2.75) is 96.1 Å². The first-order valence-corrected chi connectivity index (χ1v) is 8.66. The van der Waals surface area contributed by atoms with Crippen molar-refractivity contribution < 1.29 is 23.1 Å². The molecule has 0 aliphatic rings. The van der Waals surface area contributed by atoms with Crippen LogP contribution in [0, 0.1) is 11.8 Å². The second kappa shape index (κ2) is 14.4. The monoisotopic (exact) mass is 334 g/mol. The van der Waals surface area contributed by atoms with Gasteiger partial charge in [0, 0.05) is 25.7 Å². The normalized spacial score (nSPS) is 11.1. The number of unbranched alkanes of at least 4 members (excludes halogenated alkanes) is 10. The van der Waals surface area contributed by atoms with Gasteiger partial charge in [-0.2, -0.15) is 13.2 Å². The van der Waals surface area contributed by atoms with Crippen molar-refractivity contribution in [2.24, 2.45) is 0 Å². The molecule has 0 aliphatic carbocycles. The number of aliphatic carboxylic acids is 1. The summed E-state index contributed by atoms with van der Waals surface area (Å²) >= 11 is 0. The summed E-state index contributed by atoms with van der Waals surface area (Å²) in [6.45, 7) is 0. The Morgan fingerprint density at radius 1 is 0.739 bits per heavy atom.